The number of aliphatic hydroxyl groups is 1. The normalized spacial score (nSPS) is 12.9. The third-order valence-electron chi connectivity index (χ3n) is 3.34. The summed E-state index contributed by atoms with van der Waals surface area (Å²) in [7, 11) is 0. The predicted molar refractivity (Wildman–Crippen MR) is 69.8 cm³/mol. The van der Waals surface area contributed by atoms with Crippen molar-refractivity contribution in [1.29, 1.82) is 0 Å². The van der Waals surface area contributed by atoms with Crippen LogP contribution in [0.25, 0.3) is 0 Å². The van der Waals surface area contributed by atoms with Gasteiger partial charge in [0.1, 0.15) is 0 Å². The van der Waals surface area contributed by atoms with E-state index in [1.54, 1.807) is 0 Å². The molecule has 2 nitrogen and oxygen atoms in total. The lowest BCUT2D eigenvalue weighted by molar-refractivity contribution is 0.198. The van der Waals surface area contributed by atoms with Crippen LogP contribution in [-0.2, 0) is 0 Å². The number of nitrogens with one attached hydrogen (secondary N) is 1. The summed E-state index contributed by atoms with van der Waals surface area (Å²) < 4.78 is 0. The van der Waals surface area contributed by atoms with Crippen molar-refractivity contribution in [3.05, 3.63) is 29.3 Å². The first kappa shape index (κ1) is 13.0. The van der Waals surface area contributed by atoms with E-state index < -0.39 is 0 Å². The Morgan fingerprint density at radius 1 is 1.25 bits per heavy atom. The van der Waals surface area contributed by atoms with Crippen LogP contribution in [0.3, 0.4) is 0 Å². The Labute approximate surface area is 98.7 Å². The molecular weight excluding hydrogens is 198 g/mol. The van der Waals surface area contributed by atoms with Gasteiger partial charge in [-0.2, -0.15) is 0 Å². The van der Waals surface area contributed by atoms with Gasteiger partial charge < -0.3 is 10.4 Å². The molecule has 2 heteroatoms. The Bertz CT molecular complexity index is 334. The van der Waals surface area contributed by atoms with E-state index in [2.05, 4.69) is 51.2 Å². The van der Waals surface area contributed by atoms with E-state index in [9.17, 15) is 5.11 Å². The van der Waals surface area contributed by atoms with Crippen molar-refractivity contribution in [2.75, 3.05) is 18.5 Å². The fourth-order valence-corrected chi connectivity index (χ4v) is 1.69. The van der Waals surface area contributed by atoms with Gasteiger partial charge >= 0.3 is 0 Å². The first-order valence-corrected chi connectivity index (χ1v) is 5.97. The van der Waals surface area contributed by atoms with E-state index in [4.69, 9.17) is 0 Å². The Morgan fingerprint density at radius 2 is 1.94 bits per heavy atom. The smallest absolute Gasteiger partial charge is 0.0478 e. The Kier molecular flexibility index (Phi) is 4.81. The first-order chi connectivity index (χ1) is 7.56. The van der Waals surface area contributed by atoms with E-state index >= 15 is 0 Å². The van der Waals surface area contributed by atoms with Crippen molar-refractivity contribution in [3.63, 3.8) is 0 Å². The van der Waals surface area contributed by atoms with Gasteiger partial charge in [0.15, 0.2) is 0 Å². The van der Waals surface area contributed by atoms with Gasteiger partial charge in [-0.15, -0.1) is 0 Å². The molecule has 16 heavy (non-hydrogen) atoms. The molecule has 0 bridgehead atoms. The summed E-state index contributed by atoms with van der Waals surface area (Å²) >= 11 is 0. The molecule has 0 heterocycles. The molecule has 0 radical (unpaired) electrons. The van der Waals surface area contributed by atoms with E-state index in [-0.39, 0.29) is 6.61 Å². The average Bonchev–Trinajstić information content (AvgIpc) is 2.24. The molecule has 2 N–H and O–H groups in total. The number of aliphatic hydroxyl groups excluding tert-OH is 1. The summed E-state index contributed by atoms with van der Waals surface area (Å²) in [5.41, 5.74) is 3.78. The molecular formula is C14H23NO. The molecule has 0 aromatic heterocycles. The average molecular weight is 221 g/mol. The van der Waals surface area contributed by atoms with Crippen molar-refractivity contribution >= 4 is 5.69 Å². The maximum atomic E-state index is 9.26. The molecule has 0 spiro atoms. The lowest BCUT2D eigenvalue weighted by Gasteiger charge is -2.20. The molecule has 0 aliphatic carbocycles. The monoisotopic (exact) mass is 221 g/mol. The van der Waals surface area contributed by atoms with Crippen LogP contribution in [0, 0.1) is 25.7 Å². The van der Waals surface area contributed by atoms with E-state index in [1.165, 1.54) is 16.8 Å². The lowest BCUT2D eigenvalue weighted by Crippen LogP contribution is -2.23. The predicted octanol–water partition coefficient (Wildman–Crippen LogP) is 2.98. The van der Waals surface area contributed by atoms with E-state index in [0.717, 1.165) is 6.54 Å². The number of aryl methyl sites for hydroxylation is 1. The Balaban J connectivity index is 2.64. The van der Waals surface area contributed by atoms with Gasteiger partial charge in [0.2, 0.25) is 0 Å². The summed E-state index contributed by atoms with van der Waals surface area (Å²) in [5.74, 6) is 0.822. The molecule has 0 saturated heterocycles. The van der Waals surface area contributed by atoms with Gasteiger partial charge in [0, 0.05) is 24.8 Å². The molecule has 0 amide bonds. The van der Waals surface area contributed by atoms with Crippen molar-refractivity contribution < 1.29 is 5.11 Å². The van der Waals surface area contributed by atoms with Gasteiger partial charge in [0.05, 0.1) is 0 Å². The fraction of sp³-hybridized carbons (Fsp3) is 0.571. The van der Waals surface area contributed by atoms with Crippen LogP contribution >= 0.6 is 0 Å². The fourth-order valence-electron chi connectivity index (χ4n) is 1.69. The minimum atomic E-state index is 0.246. The van der Waals surface area contributed by atoms with Gasteiger partial charge in [-0.25, -0.2) is 0 Å². The van der Waals surface area contributed by atoms with Crippen LogP contribution in [0.1, 0.15) is 25.0 Å². The molecule has 0 saturated carbocycles. The quantitative estimate of drug-likeness (QED) is 0.801. The van der Waals surface area contributed by atoms with Gasteiger partial charge in [-0.1, -0.05) is 26.0 Å². The summed E-state index contributed by atoms with van der Waals surface area (Å²) in [4.78, 5) is 0. The molecule has 1 unspecified atom stereocenters. The van der Waals surface area contributed by atoms with Crippen molar-refractivity contribution in [2.45, 2.75) is 27.7 Å². The Morgan fingerprint density at radius 3 is 2.50 bits per heavy atom. The number of anilines is 1. The topological polar surface area (TPSA) is 32.3 Å². The summed E-state index contributed by atoms with van der Waals surface area (Å²) in [6.07, 6.45) is 0. The highest BCUT2D eigenvalue weighted by atomic mass is 16.3. The molecule has 1 rings (SSSR count). The number of rotatable bonds is 5. The van der Waals surface area contributed by atoms with E-state index in [1.807, 2.05) is 0 Å². The highest BCUT2D eigenvalue weighted by Crippen LogP contribution is 2.19. The first-order valence-electron chi connectivity index (χ1n) is 5.97. The minimum absolute atomic E-state index is 0.246. The van der Waals surface area contributed by atoms with Gasteiger partial charge in [-0.3, -0.25) is 0 Å². The van der Waals surface area contributed by atoms with Gasteiger partial charge in [-0.05, 0) is 37.0 Å². The molecule has 90 valence electrons. The molecule has 0 aliphatic rings. The molecule has 1 atom stereocenters. The maximum absolute atomic E-state index is 9.26. The van der Waals surface area contributed by atoms with Crippen LogP contribution in [0.4, 0.5) is 5.69 Å². The summed E-state index contributed by atoms with van der Waals surface area (Å²) in [5, 5.41) is 12.7. The molecule has 0 fully saturated rings. The third-order valence-corrected chi connectivity index (χ3v) is 3.34. The molecule has 1 aromatic carbocycles. The summed E-state index contributed by atoms with van der Waals surface area (Å²) in [6.45, 7) is 9.61. The number of hydrogen-bond acceptors (Lipinski definition) is 2. The zero-order valence-corrected chi connectivity index (χ0v) is 10.7. The third kappa shape index (κ3) is 3.24. The molecule has 0 aliphatic heterocycles. The lowest BCUT2D eigenvalue weighted by atomic mass is 9.96. The Hall–Kier alpha value is -1.02. The number of hydrogen-bond donors (Lipinski definition) is 2. The van der Waals surface area contributed by atoms with Crippen LogP contribution in [0.2, 0.25) is 0 Å². The van der Waals surface area contributed by atoms with Crippen LogP contribution in [-0.4, -0.2) is 18.3 Å². The van der Waals surface area contributed by atoms with Crippen LogP contribution in [0.15, 0.2) is 18.2 Å². The van der Waals surface area contributed by atoms with Gasteiger partial charge in [0.25, 0.3) is 0 Å². The molecule has 1 aromatic rings. The largest absolute Gasteiger partial charge is 0.396 e. The highest BCUT2D eigenvalue weighted by Gasteiger charge is 2.12. The second-order valence-corrected chi connectivity index (χ2v) is 4.82. The highest BCUT2D eigenvalue weighted by molar-refractivity contribution is 5.53. The van der Waals surface area contributed by atoms with Crippen LogP contribution in [0.5, 0.6) is 0 Å². The second kappa shape index (κ2) is 5.90. The maximum Gasteiger partial charge on any atom is 0.0478 e. The minimum Gasteiger partial charge on any atom is -0.396 e. The SMILES string of the molecule is Cc1cccc(NCC(CO)C(C)C)c1C. The van der Waals surface area contributed by atoms with E-state index in [0.29, 0.717) is 11.8 Å². The zero-order chi connectivity index (χ0) is 12.1. The van der Waals surface area contributed by atoms with Crippen molar-refractivity contribution in [2.24, 2.45) is 11.8 Å². The zero-order valence-electron chi connectivity index (χ0n) is 10.7. The van der Waals surface area contributed by atoms with Crippen LogP contribution < -0.4 is 5.32 Å². The second-order valence-electron chi connectivity index (χ2n) is 4.82. The van der Waals surface area contributed by atoms with Crippen molar-refractivity contribution in [1.82, 2.24) is 0 Å². The van der Waals surface area contributed by atoms with Crippen molar-refractivity contribution in [3.8, 4) is 0 Å². The summed E-state index contributed by atoms with van der Waals surface area (Å²) in [6, 6.07) is 6.28. The number of benzene rings is 1. The standard InChI is InChI=1S/C14H23NO/c1-10(2)13(9-16)8-15-14-7-5-6-11(3)12(14)4/h5-7,10,13,15-16H,8-9H2,1-4H3.